The maximum atomic E-state index is 11.9. The number of carbonyl (C=O) groups excluding carboxylic acids is 1. The fourth-order valence-electron chi connectivity index (χ4n) is 1.88. The molecule has 1 aromatic carbocycles. The van der Waals surface area contributed by atoms with E-state index < -0.39 is 7.12 Å². The summed E-state index contributed by atoms with van der Waals surface area (Å²) in [5, 5.41) is 26.8. The Balaban J connectivity index is 2.45. The van der Waals surface area contributed by atoms with E-state index in [4.69, 9.17) is 15.3 Å². The number of hydrogen-bond acceptors (Lipinski definition) is 4. The topological polar surface area (TPSA) is 84.6 Å². The summed E-state index contributed by atoms with van der Waals surface area (Å²) >= 11 is 0. The van der Waals surface area contributed by atoms with Gasteiger partial charge in [0, 0.05) is 12.1 Å². The van der Waals surface area contributed by atoms with Crippen LogP contribution in [0.5, 0.6) is 0 Å². The van der Waals surface area contributed by atoms with Crippen LogP contribution in [0, 0.1) is 11.3 Å². The van der Waals surface area contributed by atoms with Crippen LogP contribution in [0.3, 0.4) is 0 Å². The normalized spacial score (nSPS) is 13.6. The Kier molecular flexibility index (Phi) is 2.65. The summed E-state index contributed by atoms with van der Waals surface area (Å²) < 4.78 is 0. The minimum atomic E-state index is -1.67. The first-order valence-electron chi connectivity index (χ1n) is 4.79. The molecule has 80 valence electrons. The van der Waals surface area contributed by atoms with Crippen molar-refractivity contribution in [3.05, 3.63) is 29.3 Å². The molecule has 0 bridgehead atoms. The first-order valence-corrected chi connectivity index (χ1v) is 4.79. The van der Waals surface area contributed by atoms with Crippen LogP contribution < -0.4 is 5.46 Å². The molecule has 0 atom stereocenters. The molecular formula is C10H9BN2O3. The third-order valence-corrected chi connectivity index (χ3v) is 2.59. The van der Waals surface area contributed by atoms with E-state index in [0.717, 1.165) is 5.56 Å². The van der Waals surface area contributed by atoms with Gasteiger partial charge in [-0.05, 0) is 11.0 Å². The van der Waals surface area contributed by atoms with Crippen LogP contribution in [0.4, 0.5) is 0 Å². The zero-order valence-corrected chi connectivity index (χ0v) is 8.42. The summed E-state index contributed by atoms with van der Waals surface area (Å²) in [7, 11) is -1.67. The van der Waals surface area contributed by atoms with Gasteiger partial charge in [0.15, 0.2) is 0 Å². The standard InChI is InChI=1S/C10H9BN2O3/c12-4-5-13-6-7-2-1-3-8(11(15)16)9(7)10(13)14/h1-3,15-16H,5-6H2. The lowest BCUT2D eigenvalue weighted by Gasteiger charge is -2.10. The van der Waals surface area contributed by atoms with Crippen LogP contribution in [0.25, 0.3) is 0 Å². The second kappa shape index (κ2) is 3.97. The summed E-state index contributed by atoms with van der Waals surface area (Å²) in [6.45, 7) is 0.358. The van der Waals surface area contributed by atoms with Gasteiger partial charge in [0.05, 0.1) is 6.07 Å². The summed E-state index contributed by atoms with van der Waals surface area (Å²) in [6, 6.07) is 6.81. The largest absolute Gasteiger partial charge is 0.489 e. The quantitative estimate of drug-likeness (QED) is 0.482. The molecule has 6 heteroatoms. The van der Waals surface area contributed by atoms with Gasteiger partial charge in [0.1, 0.15) is 6.54 Å². The van der Waals surface area contributed by atoms with Gasteiger partial charge >= 0.3 is 7.12 Å². The Morgan fingerprint density at radius 2 is 2.25 bits per heavy atom. The van der Waals surface area contributed by atoms with Crippen molar-refractivity contribution in [1.29, 1.82) is 5.26 Å². The number of nitriles is 1. The van der Waals surface area contributed by atoms with E-state index in [1.54, 1.807) is 12.1 Å². The highest BCUT2D eigenvalue weighted by atomic mass is 16.4. The molecule has 16 heavy (non-hydrogen) atoms. The molecule has 0 unspecified atom stereocenters. The zero-order valence-electron chi connectivity index (χ0n) is 8.42. The Hall–Kier alpha value is -1.84. The van der Waals surface area contributed by atoms with Gasteiger partial charge in [0.25, 0.3) is 5.91 Å². The average Bonchev–Trinajstić information content (AvgIpc) is 2.57. The number of hydrogen-bond donors (Lipinski definition) is 2. The molecule has 1 aliphatic heterocycles. The lowest BCUT2D eigenvalue weighted by molar-refractivity contribution is 0.0799. The Morgan fingerprint density at radius 1 is 1.50 bits per heavy atom. The van der Waals surface area contributed by atoms with Crippen LogP contribution in [-0.2, 0) is 6.54 Å². The summed E-state index contributed by atoms with van der Waals surface area (Å²) in [4.78, 5) is 13.2. The molecule has 5 nitrogen and oxygen atoms in total. The van der Waals surface area contributed by atoms with Crippen LogP contribution in [0.1, 0.15) is 15.9 Å². The highest BCUT2D eigenvalue weighted by Gasteiger charge is 2.32. The van der Waals surface area contributed by atoms with Gasteiger partial charge < -0.3 is 14.9 Å². The average molecular weight is 216 g/mol. The molecular weight excluding hydrogens is 207 g/mol. The molecule has 0 aliphatic carbocycles. The molecule has 1 heterocycles. The predicted molar refractivity (Wildman–Crippen MR) is 56.6 cm³/mol. The Labute approximate surface area is 92.7 Å². The monoisotopic (exact) mass is 216 g/mol. The summed E-state index contributed by atoms with van der Waals surface area (Å²) in [5.41, 5.74) is 1.24. The Bertz CT molecular complexity index is 481. The van der Waals surface area contributed by atoms with E-state index in [1.807, 2.05) is 6.07 Å². The third-order valence-electron chi connectivity index (χ3n) is 2.59. The van der Waals surface area contributed by atoms with Gasteiger partial charge in [-0.25, -0.2) is 0 Å². The fraction of sp³-hybridized carbons (Fsp3) is 0.200. The number of nitrogens with zero attached hydrogens (tertiary/aromatic N) is 2. The van der Waals surface area contributed by atoms with Crippen molar-refractivity contribution < 1.29 is 14.8 Å². The molecule has 0 spiro atoms. The first kappa shape index (κ1) is 10.7. The SMILES string of the molecule is N#CCN1Cc2cccc(B(O)O)c2C1=O. The lowest BCUT2D eigenvalue weighted by atomic mass is 9.76. The molecule has 0 fully saturated rings. The molecule has 0 radical (unpaired) electrons. The Morgan fingerprint density at radius 3 is 2.88 bits per heavy atom. The third kappa shape index (κ3) is 1.56. The maximum Gasteiger partial charge on any atom is 0.489 e. The molecule has 2 N–H and O–H groups in total. The van der Waals surface area contributed by atoms with Crippen molar-refractivity contribution in [3.8, 4) is 6.07 Å². The minimum Gasteiger partial charge on any atom is -0.423 e. The van der Waals surface area contributed by atoms with E-state index >= 15 is 0 Å². The molecule has 0 saturated carbocycles. The summed E-state index contributed by atoms with van der Waals surface area (Å²) in [5.74, 6) is -0.319. The minimum absolute atomic E-state index is 0.00841. The number of carbonyl (C=O) groups is 1. The molecule has 1 amide bonds. The predicted octanol–water partition coefficient (Wildman–Crippen LogP) is -1.15. The highest BCUT2D eigenvalue weighted by Crippen LogP contribution is 2.20. The van der Waals surface area contributed by atoms with Crippen molar-refractivity contribution in [2.24, 2.45) is 0 Å². The second-order valence-corrected chi connectivity index (χ2v) is 3.57. The first-order chi connectivity index (χ1) is 7.65. The van der Waals surface area contributed by atoms with E-state index in [1.165, 1.54) is 11.0 Å². The van der Waals surface area contributed by atoms with Gasteiger partial charge in [-0.3, -0.25) is 4.79 Å². The van der Waals surface area contributed by atoms with Crippen molar-refractivity contribution in [3.63, 3.8) is 0 Å². The molecule has 2 rings (SSSR count). The number of amides is 1. The van der Waals surface area contributed by atoms with Crippen molar-refractivity contribution in [2.45, 2.75) is 6.54 Å². The van der Waals surface area contributed by atoms with Gasteiger partial charge in [-0.2, -0.15) is 5.26 Å². The van der Waals surface area contributed by atoms with E-state index in [0.29, 0.717) is 12.1 Å². The van der Waals surface area contributed by atoms with Crippen molar-refractivity contribution in [1.82, 2.24) is 4.90 Å². The molecule has 1 aliphatic rings. The lowest BCUT2D eigenvalue weighted by Crippen LogP contribution is -2.36. The fourth-order valence-corrected chi connectivity index (χ4v) is 1.88. The van der Waals surface area contributed by atoms with Crippen molar-refractivity contribution >= 4 is 18.5 Å². The van der Waals surface area contributed by atoms with E-state index in [2.05, 4.69) is 0 Å². The van der Waals surface area contributed by atoms with E-state index in [-0.39, 0.29) is 17.9 Å². The highest BCUT2D eigenvalue weighted by molar-refractivity contribution is 6.60. The van der Waals surface area contributed by atoms with Gasteiger partial charge in [0.2, 0.25) is 0 Å². The molecule has 0 saturated heterocycles. The van der Waals surface area contributed by atoms with Crippen LogP contribution in [0.2, 0.25) is 0 Å². The van der Waals surface area contributed by atoms with Crippen LogP contribution in [-0.4, -0.2) is 34.5 Å². The second-order valence-electron chi connectivity index (χ2n) is 3.57. The van der Waals surface area contributed by atoms with E-state index in [9.17, 15) is 4.79 Å². The smallest absolute Gasteiger partial charge is 0.423 e. The van der Waals surface area contributed by atoms with Crippen molar-refractivity contribution in [2.75, 3.05) is 6.54 Å². The number of benzene rings is 1. The number of fused-ring (bicyclic) bond motifs is 1. The van der Waals surface area contributed by atoms with Crippen LogP contribution >= 0.6 is 0 Å². The maximum absolute atomic E-state index is 11.9. The summed E-state index contributed by atoms with van der Waals surface area (Å²) in [6.07, 6.45) is 0. The molecule has 0 aromatic heterocycles. The van der Waals surface area contributed by atoms with Gasteiger partial charge in [-0.1, -0.05) is 18.2 Å². The zero-order chi connectivity index (χ0) is 11.7. The van der Waals surface area contributed by atoms with Gasteiger partial charge in [-0.15, -0.1) is 0 Å². The molecule has 1 aromatic rings. The van der Waals surface area contributed by atoms with Crippen LogP contribution in [0.15, 0.2) is 18.2 Å². The number of rotatable bonds is 2.